The molecular weight excluding hydrogens is 366 g/mol. The number of hydrogen-bond acceptors (Lipinski definition) is 4. The molecule has 3 amide bonds. The summed E-state index contributed by atoms with van der Waals surface area (Å²) in [6.45, 7) is 2.55. The number of hydrogen-bond donors (Lipinski definition) is 1. The van der Waals surface area contributed by atoms with Crippen molar-refractivity contribution in [1.29, 1.82) is 5.26 Å². The van der Waals surface area contributed by atoms with Crippen molar-refractivity contribution in [3.63, 3.8) is 0 Å². The van der Waals surface area contributed by atoms with Crippen LogP contribution in [0.15, 0.2) is 66.7 Å². The Bertz CT molecular complexity index is 995. The van der Waals surface area contributed by atoms with Crippen LogP contribution in [-0.4, -0.2) is 34.2 Å². The highest BCUT2D eigenvalue weighted by atomic mass is 16.2. The van der Waals surface area contributed by atoms with E-state index in [1.807, 2.05) is 60.7 Å². The second-order valence-corrected chi connectivity index (χ2v) is 6.95. The molecule has 0 radical (unpaired) electrons. The van der Waals surface area contributed by atoms with Gasteiger partial charge in [0.25, 0.3) is 0 Å². The monoisotopic (exact) mass is 387 g/mol. The Morgan fingerprint density at radius 2 is 1.62 bits per heavy atom. The Hall–Kier alpha value is -3.72. The smallest absolute Gasteiger partial charge is 0.250 e. The number of nitriles is 1. The Kier molecular flexibility index (Phi) is 5.60. The molecule has 0 saturated carbocycles. The van der Waals surface area contributed by atoms with E-state index in [1.165, 1.54) is 18.7 Å². The summed E-state index contributed by atoms with van der Waals surface area (Å²) in [4.78, 5) is 37.9. The van der Waals surface area contributed by atoms with E-state index in [0.717, 1.165) is 11.1 Å². The molecule has 3 rings (SSSR count). The Morgan fingerprint density at radius 1 is 1.03 bits per heavy atom. The number of likely N-dealkylation sites (tertiary alicyclic amines) is 1. The van der Waals surface area contributed by atoms with E-state index >= 15 is 0 Å². The molecule has 0 bridgehead atoms. The van der Waals surface area contributed by atoms with Gasteiger partial charge in [-0.2, -0.15) is 5.26 Å². The van der Waals surface area contributed by atoms with Gasteiger partial charge in [-0.15, -0.1) is 0 Å². The maximum Gasteiger partial charge on any atom is 0.250 e. The van der Waals surface area contributed by atoms with E-state index in [2.05, 4.69) is 11.4 Å². The SMILES string of the molecule is CC(=O)NC(=O)[C@H]1[C@H](c2ccccc2)[C@](C#N)(/C=C/c2ccccc2)N1C(C)=O. The minimum absolute atomic E-state index is 0.417. The lowest BCUT2D eigenvalue weighted by molar-refractivity contribution is -0.159. The van der Waals surface area contributed by atoms with Gasteiger partial charge < -0.3 is 4.90 Å². The van der Waals surface area contributed by atoms with Crippen LogP contribution in [0.5, 0.6) is 0 Å². The minimum atomic E-state index is -1.35. The third-order valence-corrected chi connectivity index (χ3v) is 5.04. The average molecular weight is 387 g/mol. The van der Waals surface area contributed by atoms with Gasteiger partial charge in [-0.3, -0.25) is 19.7 Å². The standard InChI is InChI=1S/C23H21N3O3/c1-16(27)25-22(29)21-20(19-11-7-4-8-12-19)23(15-24,26(21)17(2)28)14-13-18-9-5-3-6-10-18/h3-14,20-21H,1-2H3,(H,25,27,29)/b14-13+/t20-,21+,23+/m0/s1. The maximum absolute atomic E-state index is 12.8. The Morgan fingerprint density at radius 3 is 2.14 bits per heavy atom. The van der Waals surface area contributed by atoms with Crippen molar-refractivity contribution < 1.29 is 14.4 Å². The highest BCUT2D eigenvalue weighted by Gasteiger charge is 2.64. The van der Waals surface area contributed by atoms with Gasteiger partial charge in [-0.25, -0.2) is 0 Å². The third kappa shape index (κ3) is 3.67. The highest BCUT2D eigenvalue weighted by Crippen LogP contribution is 2.50. The molecule has 6 heteroatoms. The molecule has 3 atom stereocenters. The van der Waals surface area contributed by atoms with Crippen molar-refractivity contribution in [2.75, 3.05) is 0 Å². The molecule has 1 saturated heterocycles. The number of amides is 3. The van der Waals surface area contributed by atoms with Crippen molar-refractivity contribution in [2.24, 2.45) is 0 Å². The van der Waals surface area contributed by atoms with Crippen LogP contribution < -0.4 is 5.32 Å². The van der Waals surface area contributed by atoms with Gasteiger partial charge in [0, 0.05) is 13.8 Å². The predicted octanol–water partition coefficient (Wildman–Crippen LogP) is 2.64. The van der Waals surface area contributed by atoms with Crippen LogP contribution in [0.4, 0.5) is 0 Å². The van der Waals surface area contributed by atoms with E-state index in [9.17, 15) is 19.6 Å². The predicted molar refractivity (Wildman–Crippen MR) is 108 cm³/mol. The number of nitrogens with one attached hydrogen (secondary N) is 1. The zero-order chi connectivity index (χ0) is 21.0. The van der Waals surface area contributed by atoms with Gasteiger partial charge in [0.1, 0.15) is 6.04 Å². The minimum Gasteiger partial charge on any atom is -0.307 e. The summed E-state index contributed by atoms with van der Waals surface area (Å²) < 4.78 is 0. The summed E-state index contributed by atoms with van der Waals surface area (Å²) in [6, 6.07) is 19.8. The molecule has 1 fully saturated rings. The largest absolute Gasteiger partial charge is 0.307 e. The average Bonchev–Trinajstić information content (AvgIpc) is 2.68. The molecule has 29 heavy (non-hydrogen) atoms. The van der Waals surface area contributed by atoms with Gasteiger partial charge in [0.05, 0.1) is 12.0 Å². The molecule has 1 aliphatic rings. The van der Waals surface area contributed by atoms with Gasteiger partial charge in [-0.05, 0) is 17.2 Å². The van der Waals surface area contributed by atoms with Crippen molar-refractivity contribution in [3.8, 4) is 6.07 Å². The third-order valence-electron chi connectivity index (χ3n) is 5.04. The van der Waals surface area contributed by atoms with Gasteiger partial charge >= 0.3 is 0 Å². The van der Waals surface area contributed by atoms with Crippen LogP contribution in [0.25, 0.3) is 6.08 Å². The van der Waals surface area contributed by atoms with E-state index in [4.69, 9.17) is 0 Å². The first-order valence-corrected chi connectivity index (χ1v) is 9.22. The number of imide groups is 1. The second kappa shape index (κ2) is 8.11. The Labute approximate surface area is 169 Å². The van der Waals surface area contributed by atoms with Crippen molar-refractivity contribution in [3.05, 3.63) is 77.9 Å². The van der Waals surface area contributed by atoms with Crippen molar-refractivity contribution >= 4 is 23.8 Å². The first-order valence-electron chi connectivity index (χ1n) is 9.22. The van der Waals surface area contributed by atoms with Crippen LogP contribution >= 0.6 is 0 Å². The molecule has 1 N–H and O–H groups in total. The van der Waals surface area contributed by atoms with Crippen LogP contribution in [0.1, 0.15) is 30.9 Å². The number of carbonyl (C=O) groups is 3. The van der Waals surface area contributed by atoms with Crippen LogP contribution in [-0.2, 0) is 14.4 Å². The molecular formula is C23H21N3O3. The second-order valence-electron chi connectivity index (χ2n) is 6.95. The number of carbonyl (C=O) groups excluding carboxylic acids is 3. The quantitative estimate of drug-likeness (QED) is 0.873. The fourth-order valence-corrected chi connectivity index (χ4v) is 3.89. The summed E-state index contributed by atoms with van der Waals surface area (Å²) in [7, 11) is 0. The van der Waals surface area contributed by atoms with Gasteiger partial charge in [-0.1, -0.05) is 66.7 Å². The summed E-state index contributed by atoms with van der Waals surface area (Å²) in [5.41, 5.74) is 0.268. The van der Waals surface area contributed by atoms with E-state index < -0.39 is 35.2 Å². The molecule has 146 valence electrons. The zero-order valence-electron chi connectivity index (χ0n) is 16.2. The van der Waals surface area contributed by atoms with Crippen LogP contribution in [0.2, 0.25) is 0 Å². The van der Waals surface area contributed by atoms with Crippen molar-refractivity contribution in [1.82, 2.24) is 10.2 Å². The van der Waals surface area contributed by atoms with Gasteiger partial charge in [0.2, 0.25) is 17.7 Å². The molecule has 1 aliphatic heterocycles. The van der Waals surface area contributed by atoms with E-state index in [0.29, 0.717) is 0 Å². The maximum atomic E-state index is 12.8. The first-order chi connectivity index (χ1) is 13.9. The first kappa shape index (κ1) is 20.0. The number of benzene rings is 2. The van der Waals surface area contributed by atoms with Gasteiger partial charge in [0.15, 0.2) is 5.54 Å². The summed E-state index contributed by atoms with van der Waals surface area (Å²) in [5.74, 6) is -2.14. The highest BCUT2D eigenvalue weighted by molar-refractivity contribution is 6.01. The molecule has 0 unspecified atom stereocenters. The summed E-state index contributed by atoms with van der Waals surface area (Å²) in [6.07, 6.45) is 3.44. The van der Waals surface area contributed by atoms with E-state index in [1.54, 1.807) is 12.2 Å². The number of nitrogens with zero attached hydrogens (tertiary/aromatic N) is 2. The molecule has 2 aromatic carbocycles. The summed E-state index contributed by atoms with van der Waals surface area (Å²) in [5, 5.41) is 12.4. The lowest BCUT2D eigenvalue weighted by atomic mass is 9.64. The molecule has 1 heterocycles. The fraction of sp³-hybridized carbons (Fsp3) is 0.217. The summed E-state index contributed by atoms with van der Waals surface area (Å²) >= 11 is 0. The van der Waals surface area contributed by atoms with Crippen LogP contribution in [0.3, 0.4) is 0 Å². The van der Waals surface area contributed by atoms with Crippen molar-refractivity contribution in [2.45, 2.75) is 31.3 Å². The molecule has 0 aliphatic carbocycles. The molecule has 0 spiro atoms. The zero-order valence-corrected chi connectivity index (χ0v) is 16.2. The fourth-order valence-electron chi connectivity index (χ4n) is 3.89. The molecule has 6 nitrogen and oxygen atoms in total. The van der Waals surface area contributed by atoms with Crippen LogP contribution in [0, 0.1) is 11.3 Å². The normalized spacial score (nSPS) is 23.1. The topological polar surface area (TPSA) is 90.3 Å². The lowest BCUT2D eigenvalue weighted by Crippen LogP contribution is -2.75. The Balaban J connectivity index is 2.11. The van der Waals surface area contributed by atoms with E-state index in [-0.39, 0.29) is 0 Å². The number of rotatable bonds is 4. The lowest BCUT2D eigenvalue weighted by Gasteiger charge is -2.58. The molecule has 0 aromatic heterocycles. The molecule has 2 aromatic rings.